The summed E-state index contributed by atoms with van der Waals surface area (Å²) in [4.78, 5) is 16.4. The van der Waals surface area contributed by atoms with E-state index in [4.69, 9.17) is 0 Å². The SMILES string of the molecule is CC(=O)N1CCC2(CC1)SCCN2CC(C)C. The molecule has 2 aliphatic heterocycles. The molecule has 2 aliphatic rings. The van der Waals surface area contributed by atoms with Crippen molar-refractivity contribution < 1.29 is 4.79 Å². The second-order valence-electron chi connectivity index (χ2n) is 5.64. The van der Waals surface area contributed by atoms with Crippen molar-refractivity contribution in [2.75, 3.05) is 31.9 Å². The predicted octanol–water partition coefficient (Wildman–Crippen LogP) is 2.03. The first-order valence-corrected chi connectivity index (χ1v) is 7.66. The number of likely N-dealkylation sites (tertiary alicyclic amines) is 1. The third-order valence-corrected chi connectivity index (χ3v) is 5.47. The minimum atomic E-state index is 0.234. The lowest BCUT2D eigenvalue weighted by molar-refractivity contribution is -0.130. The van der Waals surface area contributed by atoms with E-state index in [-0.39, 0.29) is 5.91 Å². The lowest BCUT2D eigenvalue weighted by Gasteiger charge is -2.44. The monoisotopic (exact) mass is 256 g/mol. The number of nitrogens with zero attached hydrogens (tertiary/aromatic N) is 2. The van der Waals surface area contributed by atoms with Crippen LogP contribution in [0, 0.1) is 5.92 Å². The van der Waals surface area contributed by atoms with E-state index >= 15 is 0 Å². The first-order chi connectivity index (χ1) is 8.03. The fourth-order valence-electron chi connectivity index (χ4n) is 2.97. The minimum Gasteiger partial charge on any atom is -0.343 e. The molecule has 2 saturated heterocycles. The molecule has 98 valence electrons. The zero-order valence-electron chi connectivity index (χ0n) is 11.2. The molecule has 0 aliphatic carbocycles. The summed E-state index contributed by atoms with van der Waals surface area (Å²) < 4.78 is 0. The molecule has 4 heteroatoms. The molecule has 0 unspecified atom stereocenters. The predicted molar refractivity (Wildman–Crippen MR) is 73.1 cm³/mol. The number of piperidine rings is 1. The number of hydrogen-bond donors (Lipinski definition) is 0. The van der Waals surface area contributed by atoms with Gasteiger partial charge in [0.2, 0.25) is 5.91 Å². The average molecular weight is 256 g/mol. The van der Waals surface area contributed by atoms with E-state index in [1.807, 2.05) is 4.90 Å². The second-order valence-corrected chi connectivity index (χ2v) is 7.10. The maximum atomic E-state index is 11.4. The van der Waals surface area contributed by atoms with Crippen molar-refractivity contribution in [2.24, 2.45) is 5.92 Å². The van der Waals surface area contributed by atoms with Gasteiger partial charge in [-0.3, -0.25) is 9.69 Å². The van der Waals surface area contributed by atoms with Crippen molar-refractivity contribution in [2.45, 2.75) is 38.5 Å². The number of carbonyl (C=O) groups is 1. The van der Waals surface area contributed by atoms with Crippen LogP contribution >= 0.6 is 11.8 Å². The quantitative estimate of drug-likeness (QED) is 0.755. The Hall–Kier alpha value is -0.220. The molecule has 0 atom stereocenters. The molecule has 17 heavy (non-hydrogen) atoms. The van der Waals surface area contributed by atoms with Crippen LogP contribution in [0.5, 0.6) is 0 Å². The van der Waals surface area contributed by atoms with Crippen LogP contribution in [0.2, 0.25) is 0 Å². The highest BCUT2D eigenvalue weighted by Crippen LogP contribution is 2.44. The van der Waals surface area contributed by atoms with Gasteiger partial charge >= 0.3 is 0 Å². The molecule has 3 nitrogen and oxygen atoms in total. The molecule has 0 aromatic carbocycles. The first kappa shape index (κ1) is 13.2. The van der Waals surface area contributed by atoms with Crippen molar-refractivity contribution in [3.8, 4) is 0 Å². The number of carbonyl (C=O) groups excluding carboxylic acids is 1. The molecule has 0 bridgehead atoms. The van der Waals surface area contributed by atoms with Gasteiger partial charge < -0.3 is 4.90 Å². The average Bonchev–Trinajstić information content (AvgIpc) is 2.61. The smallest absolute Gasteiger partial charge is 0.219 e. The van der Waals surface area contributed by atoms with Crippen molar-refractivity contribution >= 4 is 17.7 Å². The maximum Gasteiger partial charge on any atom is 0.219 e. The Bertz CT molecular complexity index is 285. The zero-order valence-corrected chi connectivity index (χ0v) is 12.1. The van der Waals surface area contributed by atoms with Crippen molar-refractivity contribution in [1.82, 2.24) is 9.80 Å². The van der Waals surface area contributed by atoms with Gasteiger partial charge in [-0.15, -0.1) is 11.8 Å². The molecule has 2 fully saturated rings. The lowest BCUT2D eigenvalue weighted by Crippen LogP contribution is -2.52. The molecule has 0 aromatic heterocycles. The Kier molecular flexibility index (Phi) is 4.03. The summed E-state index contributed by atoms with van der Waals surface area (Å²) in [6.45, 7) is 10.6. The lowest BCUT2D eigenvalue weighted by atomic mass is 10.0. The van der Waals surface area contributed by atoms with Gasteiger partial charge in [-0.05, 0) is 18.8 Å². The van der Waals surface area contributed by atoms with E-state index in [1.165, 1.54) is 18.8 Å². The largest absolute Gasteiger partial charge is 0.343 e. The van der Waals surface area contributed by atoms with Crippen molar-refractivity contribution in [3.05, 3.63) is 0 Å². The van der Waals surface area contributed by atoms with Gasteiger partial charge in [-0.25, -0.2) is 0 Å². The Balaban J connectivity index is 1.98. The highest BCUT2D eigenvalue weighted by Gasteiger charge is 2.44. The van der Waals surface area contributed by atoms with Crippen LogP contribution in [0.4, 0.5) is 0 Å². The summed E-state index contributed by atoms with van der Waals surface area (Å²) in [5.74, 6) is 2.22. The van der Waals surface area contributed by atoms with E-state index in [9.17, 15) is 4.79 Å². The third-order valence-electron chi connectivity index (χ3n) is 3.88. The molecule has 0 saturated carbocycles. The Labute approximate surface area is 109 Å². The van der Waals surface area contributed by atoms with Crippen LogP contribution in [-0.2, 0) is 4.79 Å². The molecular weight excluding hydrogens is 232 g/mol. The van der Waals surface area contributed by atoms with E-state index < -0.39 is 0 Å². The summed E-state index contributed by atoms with van der Waals surface area (Å²) in [7, 11) is 0. The molecule has 2 rings (SSSR count). The van der Waals surface area contributed by atoms with E-state index in [0.717, 1.165) is 31.8 Å². The van der Waals surface area contributed by atoms with E-state index in [2.05, 4.69) is 30.5 Å². The van der Waals surface area contributed by atoms with Gasteiger partial charge in [0.05, 0.1) is 4.87 Å². The molecule has 1 amide bonds. The molecule has 0 radical (unpaired) electrons. The number of amides is 1. The van der Waals surface area contributed by atoms with Crippen LogP contribution in [0.1, 0.15) is 33.6 Å². The summed E-state index contributed by atoms with van der Waals surface area (Å²) in [6, 6.07) is 0. The van der Waals surface area contributed by atoms with E-state index in [1.54, 1.807) is 6.92 Å². The summed E-state index contributed by atoms with van der Waals surface area (Å²) in [5.41, 5.74) is 0. The summed E-state index contributed by atoms with van der Waals surface area (Å²) >= 11 is 2.12. The van der Waals surface area contributed by atoms with Crippen LogP contribution in [0.3, 0.4) is 0 Å². The topological polar surface area (TPSA) is 23.6 Å². The second kappa shape index (κ2) is 5.19. The Morgan fingerprint density at radius 3 is 2.47 bits per heavy atom. The fourth-order valence-corrected chi connectivity index (χ4v) is 4.48. The molecule has 0 aromatic rings. The molecule has 1 spiro atoms. The minimum absolute atomic E-state index is 0.234. The standard InChI is InChI=1S/C13H24N2OS/c1-11(2)10-15-8-9-17-13(15)4-6-14(7-5-13)12(3)16/h11H,4-10H2,1-3H3. The Morgan fingerprint density at radius 2 is 1.94 bits per heavy atom. The first-order valence-electron chi connectivity index (χ1n) is 6.68. The van der Waals surface area contributed by atoms with Gasteiger partial charge in [0.15, 0.2) is 0 Å². The van der Waals surface area contributed by atoms with Crippen LogP contribution in [0.25, 0.3) is 0 Å². The molecular formula is C13H24N2OS. The van der Waals surface area contributed by atoms with Crippen LogP contribution < -0.4 is 0 Å². The number of thioether (sulfide) groups is 1. The van der Waals surface area contributed by atoms with Crippen molar-refractivity contribution in [1.29, 1.82) is 0 Å². The van der Waals surface area contributed by atoms with E-state index in [0.29, 0.717) is 4.87 Å². The summed E-state index contributed by atoms with van der Waals surface area (Å²) in [5, 5.41) is 0. The Morgan fingerprint density at radius 1 is 1.29 bits per heavy atom. The van der Waals surface area contributed by atoms with Crippen LogP contribution in [0.15, 0.2) is 0 Å². The number of hydrogen-bond acceptors (Lipinski definition) is 3. The maximum absolute atomic E-state index is 11.4. The molecule has 0 N–H and O–H groups in total. The van der Waals surface area contributed by atoms with Gasteiger partial charge in [0.1, 0.15) is 0 Å². The van der Waals surface area contributed by atoms with Gasteiger partial charge in [0, 0.05) is 38.9 Å². The van der Waals surface area contributed by atoms with Gasteiger partial charge in [-0.1, -0.05) is 13.8 Å². The van der Waals surface area contributed by atoms with Gasteiger partial charge in [0.25, 0.3) is 0 Å². The highest BCUT2D eigenvalue weighted by atomic mass is 32.2. The number of rotatable bonds is 2. The molecule has 2 heterocycles. The van der Waals surface area contributed by atoms with Crippen molar-refractivity contribution in [3.63, 3.8) is 0 Å². The fraction of sp³-hybridized carbons (Fsp3) is 0.923. The highest BCUT2D eigenvalue weighted by molar-refractivity contribution is 8.00. The zero-order chi connectivity index (χ0) is 12.5. The van der Waals surface area contributed by atoms with Gasteiger partial charge in [-0.2, -0.15) is 0 Å². The normalized spacial score (nSPS) is 24.8. The third kappa shape index (κ3) is 2.79. The summed E-state index contributed by atoms with van der Waals surface area (Å²) in [6.07, 6.45) is 2.29. The van der Waals surface area contributed by atoms with Crippen LogP contribution in [-0.4, -0.2) is 52.5 Å².